The van der Waals surface area contributed by atoms with Gasteiger partial charge in [-0.25, -0.2) is 13.8 Å². The molecule has 1 unspecified atom stereocenters. The van der Waals surface area contributed by atoms with Crippen molar-refractivity contribution in [3.05, 3.63) is 71.1 Å². The Morgan fingerprint density at radius 3 is 2.57 bits per heavy atom. The van der Waals surface area contributed by atoms with Crippen LogP contribution < -0.4 is 4.74 Å². The summed E-state index contributed by atoms with van der Waals surface area (Å²) >= 11 is 0. The van der Waals surface area contributed by atoms with Gasteiger partial charge >= 0.3 is 5.97 Å². The molecule has 0 aliphatic heterocycles. The van der Waals surface area contributed by atoms with Crippen LogP contribution in [-0.2, 0) is 17.1 Å². The van der Waals surface area contributed by atoms with Crippen molar-refractivity contribution in [2.45, 2.75) is 39.0 Å². The number of carboxylic acid groups (broad SMARTS) is 1. The molecule has 1 N–H and O–H groups in total. The summed E-state index contributed by atoms with van der Waals surface area (Å²) in [5.74, 6) is -2.32. The number of halogens is 2. The first kappa shape index (κ1) is 21.5. The second kappa shape index (κ2) is 8.65. The van der Waals surface area contributed by atoms with E-state index in [9.17, 15) is 13.6 Å². The Morgan fingerprint density at radius 2 is 1.93 bits per heavy atom. The quantitative estimate of drug-likeness (QED) is 0.521. The van der Waals surface area contributed by atoms with E-state index < -0.39 is 11.9 Å². The van der Waals surface area contributed by atoms with E-state index >= 15 is 0 Å². The van der Waals surface area contributed by atoms with Crippen molar-refractivity contribution in [2.24, 2.45) is 0 Å². The lowest BCUT2D eigenvalue weighted by atomic mass is 10.1. The maximum Gasteiger partial charge on any atom is 0.307 e. The van der Waals surface area contributed by atoms with Gasteiger partial charge in [-0.05, 0) is 36.8 Å². The lowest BCUT2D eigenvalue weighted by Crippen LogP contribution is -2.09. The first-order valence-corrected chi connectivity index (χ1v) is 9.53. The number of aromatic nitrogens is 1. The summed E-state index contributed by atoms with van der Waals surface area (Å²) in [6.07, 6.45) is -0.0682. The number of benzene rings is 2. The molecular formula is C23H23F2NO4. The number of ether oxygens (including phenoxy) is 1. The number of oxazole rings is 1. The molecule has 3 aromatic rings. The third-order valence-electron chi connectivity index (χ3n) is 4.69. The molecule has 0 saturated carbocycles. The highest BCUT2D eigenvalue weighted by Gasteiger charge is 2.24. The molecule has 5 nitrogen and oxygen atoms in total. The number of alkyl halides is 2. The van der Waals surface area contributed by atoms with Crippen molar-refractivity contribution in [1.82, 2.24) is 4.98 Å². The van der Waals surface area contributed by atoms with Gasteiger partial charge < -0.3 is 14.3 Å². The summed E-state index contributed by atoms with van der Waals surface area (Å²) < 4.78 is 38.3. The molecule has 3 rings (SSSR count). The zero-order valence-electron chi connectivity index (χ0n) is 17.0. The second-order valence-electron chi connectivity index (χ2n) is 7.36. The van der Waals surface area contributed by atoms with Crippen molar-refractivity contribution in [3.63, 3.8) is 0 Å². The average Bonchev–Trinajstić information content (AvgIpc) is 3.07. The summed E-state index contributed by atoms with van der Waals surface area (Å²) in [5.41, 5.74) is 1.93. The number of carboxylic acids is 1. The van der Waals surface area contributed by atoms with Crippen LogP contribution in [0.15, 0.2) is 52.9 Å². The molecule has 0 spiro atoms. The summed E-state index contributed by atoms with van der Waals surface area (Å²) in [6, 6.07) is 12.8. The fourth-order valence-corrected chi connectivity index (χ4v) is 3.11. The van der Waals surface area contributed by atoms with Crippen LogP contribution in [0.1, 0.15) is 42.3 Å². The first-order chi connectivity index (χ1) is 14.1. The van der Waals surface area contributed by atoms with Gasteiger partial charge in [-0.3, -0.25) is 4.79 Å². The predicted octanol–water partition coefficient (Wildman–Crippen LogP) is 5.57. The molecule has 7 heteroatoms. The summed E-state index contributed by atoms with van der Waals surface area (Å²) in [4.78, 5) is 15.4. The molecule has 1 aromatic heterocycles. The third kappa shape index (κ3) is 5.23. The number of hydrogen-bond donors (Lipinski definition) is 1. The van der Waals surface area contributed by atoms with Crippen molar-refractivity contribution >= 4 is 5.97 Å². The second-order valence-corrected chi connectivity index (χ2v) is 7.36. The van der Waals surface area contributed by atoms with Crippen LogP contribution in [-0.4, -0.2) is 22.7 Å². The van der Waals surface area contributed by atoms with Crippen LogP contribution in [0.3, 0.4) is 0 Å². The molecule has 0 saturated heterocycles. The van der Waals surface area contributed by atoms with Gasteiger partial charge in [-0.2, -0.15) is 0 Å². The van der Waals surface area contributed by atoms with E-state index in [2.05, 4.69) is 4.98 Å². The monoisotopic (exact) mass is 415 g/mol. The van der Waals surface area contributed by atoms with Gasteiger partial charge in [-0.1, -0.05) is 31.2 Å². The minimum Gasteiger partial charge on any atom is -0.493 e. The lowest BCUT2D eigenvalue weighted by molar-refractivity contribution is -0.136. The van der Waals surface area contributed by atoms with E-state index in [0.717, 1.165) is 12.6 Å². The Bertz CT molecular complexity index is 1020. The van der Waals surface area contributed by atoms with Gasteiger partial charge in [0.1, 0.15) is 11.5 Å². The van der Waals surface area contributed by atoms with Crippen molar-refractivity contribution < 1.29 is 27.8 Å². The molecule has 0 aliphatic carbocycles. The van der Waals surface area contributed by atoms with E-state index in [4.69, 9.17) is 14.3 Å². The van der Waals surface area contributed by atoms with Gasteiger partial charge in [-0.15, -0.1) is 0 Å². The minimum absolute atomic E-state index is 0.0679. The highest BCUT2D eigenvalue weighted by molar-refractivity contribution is 5.70. The highest BCUT2D eigenvalue weighted by Crippen LogP contribution is 2.31. The summed E-state index contributed by atoms with van der Waals surface area (Å²) in [5, 5.41) is 8.91. The van der Waals surface area contributed by atoms with E-state index in [1.54, 1.807) is 43.3 Å². The van der Waals surface area contributed by atoms with E-state index in [0.29, 0.717) is 35.1 Å². The Kier molecular flexibility index (Phi) is 6.20. The number of nitrogens with zero attached hydrogens (tertiary/aromatic N) is 1. The van der Waals surface area contributed by atoms with Crippen LogP contribution in [0.2, 0.25) is 0 Å². The van der Waals surface area contributed by atoms with E-state index in [1.807, 2.05) is 6.92 Å². The maximum absolute atomic E-state index is 13.4. The maximum atomic E-state index is 13.4. The Morgan fingerprint density at radius 1 is 1.23 bits per heavy atom. The third-order valence-corrected chi connectivity index (χ3v) is 4.69. The van der Waals surface area contributed by atoms with E-state index in [-0.39, 0.29) is 17.9 Å². The molecule has 30 heavy (non-hydrogen) atoms. The molecule has 0 radical (unpaired) electrons. The fraction of sp³-hybridized carbons (Fsp3) is 0.304. The number of aryl methyl sites for hydroxylation is 1. The SMILES string of the molecule is Cc1oc(-c2ccc(C(C)(F)F)cc2)nc1C(C)COc1cccc(CC(=O)O)c1. The highest BCUT2D eigenvalue weighted by atomic mass is 19.3. The van der Waals surface area contributed by atoms with Crippen LogP contribution in [0.5, 0.6) is 5.75 Å². The number of carbonyl (C=O) groups is 1. The minimum atomic E-state index is -2.90. The van der Waals surface area contributed by atoms with Gasteiger partial charge in [0.25, 0.3) is 5.92 Å². The molecular weight excluding hydrogens is 392 g/mol. The Balaban J connectivity index is 1.70. The topological polar surface area (TPSA) is 72.6 Å². The van der Waals surface area contributed by atoms with E-state index in [1.165, 1.54) is 12.1 Å². The van der Waals surface area contributed by atoms with Crippen LogP contribution in [0.25, 0.3) is 11.5 Å². The molecule has 0 fully saturated rings. The normalized spacial score (nSPS) is 12.6. The number of rotatable bonds is 8. The summed E-state index contributed by atoms with van der Waals surface area (Å²) in [6.45, 7) is 4.92. The number of aliphatic carboxylic acids is 1. The van der Waals surface area contributed by atoms with Gasteiger partial charge in [0.2, 0.25) is 5.89 Å². The van der Waals surface area contributed by atoms with Crippen LogP contribution in [0.4, 0.5) is 8.78 Å². The molecule has 0 bridgehead atoms. The number of hydrogen-bond acceptors (Lipinski definition) is 4. The smallest absolute Gasteiger partial charge is 0.307 e. The molecule has 1 heterocycles. The Labute approximate surface area is 173 Å². The first-order valence-electron chi connectivity index (χ1n) is 9.53. The largest absolute Gasteiger partial charge is 0.493 e. The molecule has 2 aromatic carbocycles. The predicted molar refractivity (Wildman–Crippen MR) is 108 cm³/mol. The van der Waals surface area contributed by atoms with Crippen molar-refractivity contribution in [3.8, 4) is 17.2 Å². The van der Waals surface area contributed by atoms with Gasteiger partial charge in [0.05, 0.1) is 18.7 Å². The van der Waals surface area contributed by atoms with Crippen LogP contribution >= 0.6 is 0 Å². The fourth-order valence-electron chi connectivity index (χ4n) is 3.11. The van der Waals surface area contributed by atoms with Crippen molar-refractivity contribution in [1.29, 1.82) is 0 Å². The summed E-state index contributed by atoms with van der Waals surface area (Å²) in [7, 11) is 0. The zero-order valence-corrected chi connectivity index (χ0v) is 17.0. The molecule has 1 atom stereocenters. The van der Waals surface area contributed by atoms with Crippen LogP contribution in [0, 0.1) is 6.92 Å². The van der Waals surface area contributed by atoms with Gasteiger partial charge in [0, 0.05) is 24.0 Å². The van der Waals surface area contributed by atoms with Gasteiger partial charge in [0.15, 0.2) is 0 Å². The molecule has 158 valence electrons. The lowest BCUT2D eigenvalue weighted by Gasteiger charge is -2.12. The standard InChI is InChI=1S/C23H23F2NO4/c1-14(13-29-19-6-4-5-16(11-19)12-20(27)28)21-15(2)30-22(26-21)17-7-9-18(10-8-17)23(3,24)25/h4-11,14H,12-13H2,1-3H3,(H,27,28). The Hall–Kier alpha value is -3.22. The molecule has 0 aliphatic rings. The zero-order chi connectivity index (χ0) is 21.9. The molecule has 0 amide bonds. The van der Waals surface area contributed by atoms with Crippen molar-refractivity contribution in [2.75, 3.05) is 6.61 Å². The average molecular weight is 415 g/mol.